The number of nitrogens with zero attached hydrogens (tertiary/aromatic N) is 1. The maximum atomic E-state index is 12.5. The van der Waals surface area contributed by atoms with Gasteiger partial charge < -0.3 is 15.8 Å². The highest BCUT2D eigenvalue weighted by Gasteiger charge is 2.34. The van der Waals surface area contributed by atoms with Gasteiger partial charge in [0.2, 0.25) is 5.91 Å². The number of fused-ring (bicyclic) bond motifs is 1. The first-order chi connectivity index (χ1) is 10.8. The lowest BCUT2D eigenvalue weighted by molar-refractivity contribution is -0.129. The van der Waals surface area contributed by atoms with Crippen LogP contribution in [0.1, 0.15) is 27.7 Å². The number of para-hydroxylation sites is 2. The van der Waals surface area contributed by atoms with Gasteiger partial charge >= 0.3 is 0 Å². The monoisotopic (exact) mass is 319 g/mol. The first-order valence-electron chi connectivity index (χ1n) is 7.86. The Kier molecular flexibility index (Phi) is 4.94. The number of carbonyl (C=O) groups is 2. The summed E-state index contributed by atoms with van der Waals surface area (Å²) >= 11 is 0. The number of benzene rings is 1. The van der Waals surface area contributed by atoms with E-state index >= 15 is 0 Å². The molecule has 0 bridgehead atoms. The van der Waals surface area contributed by atoms with Gasteiger partial charge in [-0.3, -0.25) is 14.5 Å². The van der Waals surface area contributed by atoms with E-state index in [1.807, 2.05) is 32.9 Å². The molecule has 3 N–H and O–H groups in total. The van der Waals surface area contributed by atoms with Crippen LogP contribution in [-0.2, 0) is 9.59 Å². The van der Waals surface area contributed by atoms with Gasteiger partial charge in [0.25, 0.3) is 5.91 Å². The molecular weight excluding hydrogens is 294 g/mol. The Morgan fingerprint density at radius 2 is 2.09 bits per heavy atom. The topological polar surface area (TPSA) is 84.7 Å². The van der Waals surface area contributed by atoms with Crippen molar-refractivity contribution >= 4 is 17.5 Å². The predicted molar refractivity (Wildman–Crippen MR) is 89.3 cm³/mol. The number of amides is 2. The van der Waals surface area contributed by atoms with Gasteiger partial charge in [-0.05, 0) is 31.9 Å². The maximum Gasteiger partial charge on any atom is 0.268 e. The van der Waals surface area contributed by atoms with Gasteiger partial charge in [-0.15, -0.1) is 0 Å². The van der Waals surface area contributed by atoms with Crippen molar-refractivity contribution in [3.05, 3.63) is 24.3 Å². The number of anilines is 1. The zero-order chi connectivity index (χ0) is 17.2. The molecule has 1 aromatic carbocycles. The van der Waals surface area contributed by atoms with Gasteiger partial charge in [0.1, 0.15) is 12.3 Å². The third-order valence-electron chi connectivity index (χ3n) is 4.50. The van der Waals surface area contributed by atoms with Crippen molar-refractivity contribution in [2.45, 2.75) is 39.3 Å². The molecule has 6 nitrogen and oxygen atoms in total. The predicted octanol–water partition coefficient (Wildman–Crippen LogP) is 1.29. The highest BCUT2D eigenvalue weighted by atomic mass is 16.5. The molecule has 2 unspecified atom stereocenters. The summed E-state index contributed by atoms with van der Waals surface area (Å²) in [6.07, 6.45) is -0.608. The molecule has 6 heteroatoms. The average molecular weight is 319 g/mol. The van der Waals surface area contributed by atoms with Gasteiger partial charge in [-0.2, -0.15) is 0 Å². The van der Waals surface area contributed by atoms with E-state index < -0.39 is 11.6 Å². The Hall–Kier alpha value is -2.08. The molecule has 0 aromatic heterocycles. The van der Waals surface area contributed by atoms with Crippen molar-refractivity contribution in [2.75, 3.05) is 18.0 Å². The van der Waals surface area contributed by atoms with Crippen LogP contribution >= 0.6 is 0 Å². The quantitative estimate of drug-likeness (QED) is 0.856. The SMILES string of the molecule is CC1Oc2ccccc2N(CC(=O)NC(C)(CN)C(C)C)C1=O. The Bertz CT molecular complexity index is 603. The smallest absolute Gasteiger partial charge is 0.268 e. The molecule has 1 aliphatic heterocycles. The molecule has 126 valence electrons. The fraction of sp³-hybridized carbons (Fsp3) is 0.529. The van der Waals surface area contributed by atoms with Crippen LogP contribution in [0.25, 0.3) is 0 Å². The normalized spacial score (nSPS) is 19.8. The van der Waals surface area contributed by atoms with Gasteiger partial charge in [0, 0.05) is 6.54 Å². The summed E-state index contributed by atoms with van der Waals surface area (Å²) in [6.45, 7) is 7.88. The van der Waals surface area contributed by atoms with Crippen LogP contribution in [0.15, 0.2) is 24.3 Å². The molecule has 0 saturated heterocycles. The van der Waals surface area contributed by atoms with Crippen molar-refractivity contribution in [1.82, 2.24) is 5.32 Å². The van der Waals surface area contributed by atoms with Crippen LogP contribution in [0.3, 0.4) is 0 Å². The van der Waals surface area contributed by atoms with E-state index in [9.17, 15) is 9.59 Å². The van der Waals surface area contributed by atoms with Gasteiger partial charge in [0.15, 0.2) is 6.10 Å². The summed E-state index contributed by atoms with van der Waals surface area (Å²) in [5.74, 6) is 0.336. The number of nitrogens with one attached hydrogen (secondary N) is 1. The minimum atomic E-state index is -0.608. The third-order valence-corrected chi connectivity index (χ3v) is 4.50. The van der Waals surface area contributed by atoms with Gasteiger partial charge in [-0.25, -0.2) is 0 Å². The van der Waals surface area contributed by atoms with Crippen LogP contribution in [0.4, 0.5) is 5.69 Å². The van der Waals surface area contributed by atoms with Crippen LogP contribution in [0.5, 0.6) is 5.75 Å². The van der Waals surface area contributed by atoms with Crippen LogP contribution in [0, 0.1) is 5.92 Å². The summed E-state index contributed by atoms with van der Waals surface area (Å²) in [6, 6.07) is 7.22. The Morgan fingerprint density at radius 1 is 1.43 bits per heavy atom. The van der Waals surface area contributed by atoms with Crippen molar-refractivity contribution in [2.24, 2.45) is 11.7 Å². The molecule has 2 rings (SSSR count). The van der Waals surface area contributed by atoms with Gasteiger partial charge in [0.05, 0.1) is 11.2 Å². The largest absolute Gasteiger partial charge is 0.479 e. The van der Waals surface area contributed by atoms with Crippen molar-refractivity contribution in [3.8, 4) is 5.75 Å². The fourth-order valence-electron chi connectivity index (χ4n) is 2.45. The molecule has 1 aromatic rings. The average Bonchev–Trinajstić information content (AvgIpc) is 2.51. The first-order valence-corrected chi connectivity index (χ1v) is 7.86. The molecule has 0 saturated carbocycles. The zero-order valence-electron chi connectivity index (χ0n) is 14.1. The highest BCUT2D eigenvalue weighted by Crippen LogP contribution is 2.33. The second-order valence-electron chi connectivity index (χ2n) is 6.48. The van der Waals surface area contributed by atoms with Crippen LogP contribution < -0.4 is 20.7 Å². The minimum absolute atomic E-state index is 0.0497. The number of nitrogens with two attached hydrogens (primary N) is 1. The van der Waals surface area contributed by atoms with Crippen molar-refractivity contribution < 1.29 is 14.3 Å². The van der Waals surface area contributed by atoms with Crippen LogP contribution in [0.2, 0.25) is 0 Å². The molecule has 0 fully saturated rings. The molecule has 0 spiro atoms. The zero-order valence-corrected chi connectivity index (χ0v) is 14.1. The number of rotatable bonds is 5. The third kappa shape index (κ3) is 3.47. The summed E-state index contributed by atoms with van der Waals surface area (Å²) in [7, 11) is 0. The van der Waals surface area contributed by atoms with E-state index in [1.54, 1.807) is 19.1 Å². The number of hydrogen-bond acceptors (Lipinski definition) is 4. The molecular formula is C17H25N3O3. The number of ether oxygens (including phenoxy) is 1. The van der Waals surface area contributed by atoms with E-state index in [1.165, 1.54) is 4.90 Å². The fourth-order valence-corrected chi connectivity index (χ4v) is 2.45. The molecule has 0 radical (unpaired) electrons. The molecule has 1 aliphatic rings. The molecule has 0 aliphatic carbocycles. The Morgan fingerprint density at radius 3 is 2.70 bits per heavy atom. The van der Waals surface area contributed by atoms with E-state index in [-0.39, 0.29) is 24.3 Å². The lowest BCUT2D eigenvalue weighted by Gasteiger charge is -2.36. The molecule has 1 heterocycles. The minimum Gasteiger partial charge on any atom is -0.479 e. The highest BCUT2D eigenvalue weighted by molar-refractivity contribution is 6.03. The van der Waals surface area contributed by atoms with Crippen molar-refractivity contribution in [1.29, 1.82) is 0 Å². The number of carbonyl (C=O) groups excluding carboxylic acids is 2. The molecule has 2 atom stereocenters. The van der Waals surface area contributed by atoms with Crippen LogP contribution in [-0.4, -0.2) is 36.5 Å². The van der Waals surface area contributed by atoms with E-state index in [2.05, 4.69) is 5.32 Å². The Labute approximate surface area is 137 Å². The van der Waals surface area contributed by atoms with Gasteiger partial charge in [-0.1, -0.05) is 26.0 Å². The standard InChI is InChI=1S/C17H25N3O3/c1-11(2)17(4,10-18)19-15(21)9-20-13-7-5-6-8-14(13)23-12(3)16(20)22/h5-8,11-12H,9-10,18H2,1-4H3,(H,19,21). The molecule has 2 amide bonds. The first kappa shape index (κ1) is 17.3. The lowest BCUT2D eigenvalue weighted by atomic mass is 9.88. The number of hydrogen-bond donors (Lipinski definition) is 2. The van der Waals surface area contributed by atoms with E-state index in [4.69, 9.17) is 10.5 Å². The second-order valence-corrected chi connectivity index (χ2v) is 6.48. The maximum absolute atomic E-state index is 12.5. The summed E-state index contributed by atoms with van der Waals surface area (Å²) < 4.78 is 5.57. The van der Waals surface area contributed by atoms with E-state index in [0.29, 0.717) is 18.0 Å². The second kappa shape index (κ2) is 6.58. The Balaban J connectivity index is 2.19. The van der Waals surface area contributed by atoms with E-state index in [0.717, 1.165) is 0 Å². The lowest BCUT2D eigenvalue weighted by Crippen LogP contribution is -2.58. The van der Waals surface area contributed by atoms with Crippen molar-refractivity contribution in [3.63, 3.8) is 0 Å². The molecule has 23 heavy (non-hydrogen) atoms. The summed E-state index contributed by atoms with van der Waals surface area (Å²) in [5, 5.41) is 2.96. The summed E-state index contributed by atoms with van der Waals surface area (Å²) in [4.78, 5) is 26.3. The summed E-state index contributed by atoms with van der Waals surface area (Å²) in [5.41, 5.74) is 5.91.